The van der Waals surface area contributed by atoms with Gasteiger partial charge in [-0.3, -0.25) is 14.8 Å². The average molecular weight is 536 g/mol. The molecule has 5 heterocycles. The first-order valence-corrected chi connectivity index (χ1v) is 11.3. The number of halogens is 4. The van der Waals surface area contributed by atoms with E-state index in [1.54, 1.807) is 36.5 Å². The molecule has 0 aliphatic rings. The van der Waals surface area contributed by atoms with Crippen LogP contribution in [0.25, 0.3) is 33.4 Å². The van der Waals surface area contributed by atoms with Crippen LogP contribution >= 0.6 is 11.6 Å². The molecule has 5 aromatic heterocycles. The Kier molecular flexibility index (Phi) is 5.49. The summed E-state index contributed by atoms with van der Waals surface area (Å²) < 4.78 is 44.7. The fraction of sp³-hybridized carbons (Fsp3) is 0.0417. The van der Waals surface area contributed by atoms with Gasteiger partial charge in [0.2, 0.25) is 0 Å². The summed E-state index contributed by atoms with van der Waals surface area (Å²) in [5.41, 5.74) is -0.107. The Morgan fingerprint density at radius 1 is 0.947 bits per heavy atom. The number of carbonyl (C=O) groups is 1. The Labute approximate surface area is 215 Å². The molecular weight excluding hydrogens is 523 g/mol. The van der Waals surface area contributed by atoms with Crippen molar-refractivity contribution in [3.63, 3.8) is 0 Å². The monoisotopic (exact) mass is 535 g/mol. The number of benzene rings is 1. The largest absolute Gasteiger partial charge is 0.434 e. The molecule has 1 N–H and O–H groups in total. The summed E-state index contributed by atoms with van der Waals surface area (Å²) in [4.78, 5) is 25.4. The number of carbonyl (C=O) groups excluding carboxylic acids is 1. The van der Waals surface area contributed by atoms with Gasteiger partial charge in [-0.05, 0) is 36.4 Å². The van der Waals surface area contributed by atoms with E-state index in [1.807, 2.05) is 0 Å². The topological polar surface area (TPSA) is 116 Å². The second-order valence-corrected chi connectivity index (χ2v) is 8.42. The Hall–Kier alpha value is -4.91. The second-order valence-electron chi connectivity index (χ2n) is 8.01. The standard InChI is InChI=1S/C24H13ClF3N9O/c25-16-9-13(10-31-22(16)37-20-6-8-29-12-18(20)34-35-37)33-23(38)15-11-32-36(21(15)24(26,27)28)19-5-1-4-17-14(19)3-2-7-30-17/h1-12H,(H,33,38). The van der Waals surface area contributed by atoms with Crippen molar-refractivity contribution in [2.24, 2.45) is 0 Å². The predicted molar refractivity (Wildman–Crippen MR) is 131 cm³/mol. The van der Waals surface area contributed by atoms with Crippen LogP contribution in [0, 0.1) is 0 Å². The van der Waals surface area contributed by atoms with Crippen LogP contribution in [0.5, 0.6) is 0 Å². The van der Waals surface area contributed by atoms with Crippen LogP contribution in [0.2, 0.25) is 5.02 Å². The minimum absolute atomic E-state index is 0.0741. The number of hydrogen-bond donors (Lipinski definition) is 1. The zero-order valence-electron chi connectivity index (χ0n) is 18.9. The van der Waals surface area contributed by atoms with Crippen molar-refractivity contribution in [3.8, 4) is 11.5 Å². The molecule has 38 heavy (non-hydrogen) atoms. The maximum Gasteiger partial charge on any atom is 0.434 e. The quantitative estimate of drug-likeness (QED) is 0.342. The van der Waals surface area contributed by atoms with Crippen LogP contribution in [0.3, 0.4) is 0 Å². The van der Waals surface area contributed by atoms with Crippen molar-refractivity contribution in [2.75, 3.05) is 5.32 Å². The maximum absolute atomic E-state index is 14.2. The minimum atomic E-state index is -4.89. The highest BCUT2D eigenvalue weighted by molar-refractivity contribution is 6.32. The molecule has 0 radical (unpaired) electrons. The van der Waals surface area contributed by atoms with Crippen molar-refractivity contribution in [1.29, 1.82) is 0 Å². The van der Waals surface area contributed by atoms with Crippen LogP contribution in [0.15, 0.2) is 73.4 Å². The van der Waals surface area contributed by atoms with E-state index in [0.717, 1.165) is 6.20 Å². The summed E-state index contributed by atoms with van der Waals surface area (Å²) in [5, 5.41) is 14.8. The molecule has 0 aliphatic heterocycles. The summed E-state index contributed by atoms with van der Waals surface area (Å²) in [6, 6.07) is 11.0. The fourth-order valence-corrected chi connectivity index (χ4v) is 4.27. The minimum Gasteiger partial charge on any atom is -0.320 e. The number of nitrogens with one attached hydrogen (secondary N) is 1. The smallest absolute Gasteiger partial charge is 0.320 e. The zero-order chi connectivity index (χ0) is 26.4. The van der Waals surface area contributed by atoms with Gasteiger partial charge in [-0.2, -0.15) is 23.0 Å². The van der Waals surface area contributed by atoms with Crippen LogP contribution in [0.1, 0.15) is 16.1 Å². The van der Waals surface area contributed by atoms with E-state index in [1.165, 1.54) is 35.4 Å². The molecule has 0 saturated heterocycles. The normalized spacial score (nSPS) is 11.8. The highest BCUT2D eigenvalue weighted by Crippen LogP contribution is 2.35. The number of alkyl halides is 3. The molecule has 0 atom stereocenters. The first kappa shape index (κ1) is 23.5. The third kappa shape index (κ3) is 3.98. The molecule has 188 valence electrons. The molecule has 0 bridgehead atoms. The number of hydrogen-bond acceptors (Lipinski definition) is 7. The van der Waals surface area contributed by atoms with Gasteiger partial charge in [-0.15, -0.1) is 5.10 Å². The fourth-order valence-electron chi connectivity index (χ4n) is 4.03. The lowest BCUT2D eigenvalue weighted by molar-refractivity contribution is -0.143. The van der Waals surface area contributed by atoms with E-state index in [2.05, 4.69) is 35.7 Å². The Balaban J connectivity index is 1.35. The molecule has 6 rings (SSSR count). The van der Waals surface area contributed by atoms with Gasteiger partial charge in [0.15, 0.2) is 11.5 Å². The average Bonchev–Trinajstić information content (AvgIpc) is 3.54. The third-order valence-electron chi connectivity index (χ3n) is 5.66. The number of nitrogens with zero attached hydrogens (tertiary/aromatic N) is 8. The number of amides is 1. The van der Waals surface area contributed by atoms with Gasteiger partial charge in [-0.1, -0.05) is 22.9 Å². The number of anilines is 1. The maximum atomic E-state index is 14.2. The van der Waals surface area contributed by atoms with Crippen molar-refractivity contribution in [1.82, 2.24) is 39.7 Å². The van der Waals surface area contributed by atoms with E-state index in [0.29, 0.717) is 26.6 Å². The Morgan fingerprint density at radius 2 is 1.82 bits per heavy atom. The van der Waals surface area contributed by atoms with Gasteiger partial charge in [0.1, 0.15) is 5.52 Å². The van der Waals surface area contributed by atoms with Gasteiger partial charge < -0.3 is 5.32 Å². The van der Waals surface area contributed by atoms with Gasteiger partial charge in [0, 0.05) is 17.8 Å². The first-order valence-electron chi connectivity index (χ1n) is 10.9. The van der Waals surface area contributed by atoms with Crippen LogP contribution in [-0.2, 0) is 6.18 Å². The lowest BCUT2D eigenvalue weighted by atomic mass is 10.1. The molecule has 1 aromatic carbocycles. The molecule has 0 unspecified atom stereocenters. The van der Waals surface area contributed by atoms with Gasteiger partial charge >= 0.3 is 6.18 Å². The number of fused-ring (bicyclic) bond motifs is 2. The Bertz CT molecular complexity index is 1840. The number of pyridine rings is 3. The van der Waals surface area contributed by atoms with Crippen molar-refractivity contribution >= 4 is 45.1 Å². The van der Waals surface area contributed by atoms with Crippen molar-refractivity contribution in [3.05, 3.63) is 89.7 Å². The molecule has 10 nitrogen and oxygen atoms in total. The van der Waals surface area contributed by atoms with Gasteiger partial charge in [-0.25, -0.2) is 9.67 Å². The molecule has 6 aromatic rings. The molecule has 0 aliphatic carbocycles. The molecule has 14 heteroatoms. The van der Waals surface area contributed by atoms with E-state index in [9.17, 15) is 18.0 Å². The number of rotatable bonds is 4. The Morgan fingerprint density at radius 3 is 2.63 bits per heavy atom. The van der Waals surface area contributed by atoms with E-state index >= 15 is 0 Å². The molecule has 0 saturated carbocycles. The number of aromatic nitrogens is 8. The SMILES string of the molecule is O=C(Nc1cnc(-n2nnc3cnccc32)c(Cl)c1)c1cnn(-c2cccc3ncccc23)c1C(F)(F)F. The first-order chi connectivity index (χ1) is 18.3. The molecule has 0 fully saturated rings. The summed E-state index contributed by atoms with van der Waals surface area (Å²) >= 11 is 6.37. The van der Waals surface area contributed by atoms with Crippen LogP contribution in [-0.4, -0.2) is 45.6 Å². The van der Waals surface area contributed by atoms with Crippen LogP contribution < -0.4 is 5.32 Å². The lowest BCUT2D eigenvalue weighted by Gasteiger charge is -2.14. The lowest BCUT2D eigenvalue weighted by Crippen LogP contribution is -2.21. The highest BCUT2D eigenvalue weighted by atomic mass is 35.5. The highest BCUT2D eigenvalue weighted by Gasteiger charge is 2.41. The van der Waals surface area contributed by atoms with Crippen molar-refractivity contribution < 1.29 is 18.0 Å². The van der Waals surface area contributed by atoms with E-state index < -0.39 is 23.3 Å². The summed E-state index contributed by atoms with van der Waals surface area (Å²) in [5.74, 6) is -0.823. The van der Waals surface area contributed by atoms with Gasteiger partial charge in [0.25, 0.3) is 5.91 Å². The molecule has 1 amide bonds. The van der Waals surface area contributed by atoms with Gasteiger partial charge in [0.05, 0.1) is 51.6 Å². The third-order valence-corrected chi connectivity index (χ3v) is 5.94. The predicted octanol–water partition coefficient (Wildman–Crippen LogP) is 4.87. The summed E-state index contributed by atoms with van der Waals surface area (Å²) in [6.07, 6.45) is 1.84. The summed E-state index contributed by atoms with van der Waals surface area (Å²) in [7, 11) is 0. The van der Waals surface area contributed by atoms with Crippen LogP contribution in [0.4, 0.5) is 18.9 Å². The molecular formula is C24H13ClF3N9O. The molecule has 0 spiro atoms. The zero-order valence-corrected chi connectivity index (χ0v) is 19.7. The van der Waals surface area contributed by atoms with Crippen molar-refractivity contribution in [2.45, 2.75) is 6.18 Å². The van der Waals surface area contributed by atoms with E-state index in [4.69, 9.17) is 11.6 Å². The summed E-state index contributed by atoms with van der Waals surface area (Å²) in [6.45, 7) is 0. The second kappa shape index (κ2) is 8.88. The van der Waals surface area contributed by atoms with E-state index in [-0.39, 0.29) is 22.2 Å².